The third-order valence-corrected chi connectivity index (χ3v) is 1.96. The van der Waals surface area contributed by atoms with Gasteiger partial charge in [0.25, 0.3) is 5.69 Å². The highest BCUT2D eigenvalue weighted by atomic mass is 16.6. The van der Waals surface area contributed by atoms with Crippen LogP contribution in [0, 0.1) is 10.1 Å². The number of nitro groups is 1. The Labute approximate surface area is 109 Å². The number of benzene rings is 1. The lowest BCUT2D eigenvalue weighted by atomic mass is 10.2. The minimum Gasteiger partial charge on any atom is -0.478 e. The molecule has 0 radical (unpaired) electrons. The Morgan fingerprint density at radius 2 is 1.74 bits per heavy atom. The topological polar surface area (TPSA) is 147 Å². The maximum atomic E-state index is 10.4. The van der Waals surface area contributed by atoms with E-state index in [1.54, 1.807) is 0 Å². The van der Waals surface area contributed by atoms with Crippen LogP contribution < -0.4 is 5.73 Å². The first kappa shape index (κ1) is 16.8. The lowest BCUT2D eigenvalue weighted by molar-refractivity contribution is -0.384. The smallest absolute Gasteiger partial charge is 0.336 e. The number of hydrogen-bond acceptors (Lipinski definition) is 6. The number of carboxylic acids is 1. The van der Waals surface area contributed by atoms with Crippen molar-refractivity contribution >= 4 is 17.3 Å². The molecule has 0 atom stereocenters. The highest BCUT2D eigenvalue weighted by molar-refractivity contribution is 5.89. The fourth-order valence-corrected chi connectivity index (χ4v) is 1.09. The second kappa shape index (κ2) is 8.84. The van der Waals surface area contributed by atoms with Crippen LogP contribution in [0.3, 0.4) is 0 Å². The molecule has 0 heterocycles. The molecule has 0 aliphatic carbocycles. The molecule has 0 saturated carbocycles. The molecule has 106 valence electrons. The van der Waals surface area contributed by atoms with Crippen molar-refractivity contribution < 1.29 is 25.0 Å². The fraction of sp³-hybridized carbons (Fsp3) is 0.364. The van der Waals surface area contributed by atoms with Crippen molar-refractivity contribution in [2.75, 3.05) is 18.9 Å². The second-order valence-corrected chi connectivity index (χ2v) is 3.53. The van der Waals surface area contributed by atoms with Crippen LogP contribution in [0.5, 0.6) is 0 Å². The van der Waals surface area contributed by atoms with Crippen LogP contribution in [0.4, 0.5) is 11.4 Å². The highest BCUT2D eigenvalue weighted by Crippen LogP contribution is 2.18. The van der Waals surface area contributed by atoms with Gasteiger partial charge in [-0.05, 0) is 18.9 Å². The first-order chi connectivity index (χ1) is 8.92. The van der Waals surface area contributed by atoms with Crippen molar-refractivity contribution in [3.05, 3.63) is 33.9 Å². The van der Waals surface area contributed by atoms with Crippen LogP contribution in [-0.4, -0.2) is 39.4 Å². The van der Waals surface area contributed by atoms with E-state index < -0.39 is 10.9 Å². The minimum atomic E-state index is -1.24. The molecule has 1 aromatic carbocycles. The van der Waals surface area contributed by atoms with Crippen LogP contribution in [0.25, 0.3) is 0 Å². The lowest BCUT2D eigenvalue weighted by Crippen LogP contribution is -2.00. The molecular formula is C11H16N2O6. The van der Waals surface area contributed by atoms with Crippen molar-refractivity contribution in [2.45, 2.75) is 12.8 Å². The monoisotopic (exact) mass is 272 g/mol. The Morgan fingerprint density at radius 3 is 2.11 bits per heavy atom. The van der Waals surface area contributed by atoms with Gasteiger partial charge in [0, 0.05) is 31.0 Å². The van der Waals surface area contributed by atoms with Crippen LogP contribution in [-0.2, 0) is 0 Å². The molecule has 0 bridgehead atoms. The van der Waals surface area contributed by atoms with Gasteiger partial charge in [0.1, 0.15) is 0 Å². The van der Waals surface area contributed by atoms with Crippen LogP contribution in [0.1, 0.15) is 23.2 Å². The van der Waals surface area contributed by atoms with Gasteiger partial charge >= 0.3 is 5.97 Å². The molecule has 0 spiro atoms. The summed E-state index contributed by atoms with van der Waals surface area (Å²) in [5.41, 5.74) is 4.82. The largest absolute Gasteiger partial charge is 0.478 e. The Morgan fingerprint density at radius 1 is 1.21 bits per heavy atom. The quantitative estimate of drug-likeness (QED) is 0.266. The number of carboxylic acid groups (broad SMARTS) is 1. The summed E-state index contributed by atoms with van der Waals surface area (Å²) in [4.78, 5) is 20.0. The molecule has 8 heteroatoms. The zero-order valence-electron chi connectivity index (χ0n) is 10.2. The van der Waals surface area contributed by atoms with Crippen molar-refractivity contribution in [1.29, 1.82) is 0 Å². The number of nitro benzene ring substituents is 1. The summed E-state index contributed by atoms with van der Waals surface area (Å²) in [6.45, 7) is 0.390. The van der Waals surface area contributed by atoms with Gasteiger partial charge in [0.15, 0.2) is 0 Å². The molecule has 5 N–H and O–H groups in total. The van der Waals surface area contributed by atoms with E-state index >= 15 is 0 Å². The Bertz CT molecular complexity index is 399. The minimum absolute atomic E-state index is 0.0617. The van der Waals surface area contributed by atoms with Crippen molar-refractivity contribution in [2.24, 2.45) is 0 Å². The number of carbonyl (C=O) groups is 1. The van der Waals surface area contributed by atoms with E-state index in [0.29, 0.717) is 0 Å². The average molecular weight is 272 g/mol. The lowest BCUT2D eigenvalue weighted by Gasteiger charge is -1.97. The number of aliphatic hydroxyl groups is 2. The van der Waals surface area contributed by atoms with Gasteiger partial charge in [0.2, 0.25) is 0 Å². The van der Waals surface area contributed by atoms with E-state index in [0.717, 1.165) is 31.0 Å². The molecule has 8 nitrogen and oxygen atoms in total. The number of aliphatic hydroxyl groups excluding tert-OH is 2. The van der Waals surface area contributed by atoms with Crippen LogP contribution in [0.2, 0.25) is 0 Å². The predicted molar refractivity (Wildman–Crippen MR) is 67.9 cm³/mol. The molecule has 0 fully saturated rings. The van der Waals surface area contributed by atoms with E-state index in [1.165, 1.54) is 0 Å². The van der Waals surface area contributed by atoms with E-state index in [9.17, 15) is 14.9 Å². The maximum absolute atomic E-state index is 10.4. The molecule has 0 unspecified atom stereocenters. The van der Waals surface area contributed by atoms with Gasteiger partial charge in [-0.25, -0.2) is 4.79 Å². The summed E-state index contributed by atoms with van der Waals surface area (Å²) in [7, 11) is 0. The molecule has 19 heavy (non-hydrogen) atoms. The molecule has 0 aromatic heterocycles. The highest BCUT2D eigenvalue weighted by Gasteiger charge is 2.11. The second-order valence-electron chi connectivity index (χ2n) is 3.53. The maximum Gasteiger partial charge on any atom is 0.336 e. The third-order valence-electron chi connectivity index (χ3n) is 1.96. The first-order valence-corrected chi connectivity index (χ1v) is 5.42. The van der Waals surface area contributed by atoms with E-state index in [4.69, 9.17) is 21.1 Å². The normalized spacial score (nSPS) is 9.37. The van der Waals surface area contributed by atoms with Crippen molar-refractivity contribution in [3.63, 3.8) is 0 Å². The SMILES string of the molecule is Nc1cc(C(=O)O)cc([N+](=O)[O-])c1.OCCCCO. The number of non-ortho nitro benzene ring substituents is 1. The molecule has 0 saturated heterocycles. The number of nitrogen functional groups attached to an aromatic ring is 1. The molecule has 0 aliphatic rings. The van der Waals surface area contributed by atoms with Gasteiger partial charge in [0.05, 0.1) is 10.5 Å². The van der Waals surface area contributed by atoms with Gasteiger partial charge in [-0.1, -0.05) is 0 Å². The number of rotatable bonds is 5. The third kappa shape index (κ3) is 6.96. The summed E-state index contributed by atoms with van der Waals surface area (Å²) >= 11 is 0. The van der Waals surface area contributed by atoms with Gasteiger partial charge in [-0.3, -0.25) is 10.1 Å². The number of unbranched alkanes of at least 4 members (excludes halogenated alkanes) is 1. The summed E-state index contributed by atoms with van der Waals surface area (Å²) in [5.74, 6) is -1.24. The molecule has 1 rings (SSSR count). The van der Waals surface area contributed by atoms with E-state index in [1.807, 2.05) is 0 Å². The standard InChI is InChI=1S/C7H6N2O4.C4H10O2/c8-5-1-4(7(10)11)2-6(3-5)9(12)13;5-3-1-2-4-6/h1-3H,8H2,(H,10,11);5-6H,1-4H2. The zero-order valence-corrected chi connectivity index (χ0v) is 10.2. The van der Waals surface area contributed by atoms with Crippen LogP contribution in [0.15, 0.2) is 18.2 Å². The summed E-state index contributed by atoms with van der Waals surface area (Å²) in [5, 5.41) is 35.0. The number of hydrogen-bond donors (Lipinski definition) is 4. The van der Waals surface area contributed by atoms with E-state index in [-0.39, 0.29) is 30.2 Å². The Balaban J connectivity index is 0.000000459. The summed E-state index contributed by atoms with van der Waals surface area (Å²) in [6.07, 6.45) is 1.44. The Hall–Kier alpha value is -2.19. The Kier molecular flexibility index (Phi) is 7.82. The van der Waals surface area contributed by atoms with Crippen molar-refractivity contribution in [3.8, 4) is 0 Å². The predicted octanol–water partition coefficient (Wildman–Crippen LogP) is 0.626. The van der Waals surface area contributed by atoms with Gasteiger partial charge in [-0.15, -0.1) is 0 Å². The fourth-order valence-electron chi connectivity index (χ4n) is 1.09. The molecule has 0 aliphatic heterocycles. The molecule has 1 aromatic rings. The number of anilines is 1. The van der Waals surface area contributed by atoms with E-state index in [2.05, 4.69) is 0 Å². The van der Waals surface area contributed by atoms with Crippen LogP contribution >= 0.6 is 0 Å². The molecular weight excluding hydrogens is 256 g/mol. The van der Waals surface area contributed by atoms with Gasteiger partial charge in [-0.2, -0.15) is 0 Å². The number of aromatic carboxylic acids is 1. The number of nitrogens with two attached hydrogens (primary N) is 1. The number of nitrogens with zero attached hydrogens (tertiary/aromatic N) is 1. The summed E-state index contributed by atoms with van der Waals surface area (Å²) in [6, 6.07) is 3.22. The van der Waals surface area contributed by atoms with Gasteiger partial charge < -0.3 is 21.1 Å². The zero-order chi connectivity index (χ0) is 14.8. The van der Waals surface area contributed by atoms with Crippen molar-refractivity contribution in [1.82, 2.24) is 0 Å². The molecule has 0 amide bonds. The summed E-state index contributed by atoms with van der Waals surface area (Å²) < 4.78 is 0. The first-order valence-electron chi connectivity index (χ1n) is 5.42. The average Bonchev–Trinajstić information content (AvgIpc) is 2.36.